The molecule has 0 heterocycles. The average Bonchev–Trinajstić information content (AvgIpc) is 2.65. The van der Waals surface area contributed by atoms with Crippen LogP contribution in [0.1, 0.15) is 59.8 Å². The highest BCUT2D eigenvalue weighted by Gasteiger charge is 2.06. The molecule has 0 spiro atoms. The topological polar surface area (TPSA) is 0 Å². The summed E-state index contributed by atoms with van der Waals surface area (Å²) in [6, 6.07) is 0. The van der Waals surface area contributed by atoms with Crippen LogP contribution in [0.4, 0.5) is 0 Å². The summed E-state index contributed by atoms with van der Waals surface area (Å²) in [6.07, 6.45) is 10.7. The summed E-state index contributed by atoms with van der Waals surface area (Å²) < 4.78 is 0. The maximum Gasteiger partial charge on any atom is -0.0276 e. The van der Waals surface area contributed by atoms with Crippen molar-refractivity contribution in [1.82, 2.24) is 0 Å². The molecule has 0 unspecified atom stereocenters. The average molecular weight is 206 g/mol. The van der Waals surface area contributed by atoms with E-state index in [0.29, 0.717) is 0 Å². The van der Waals surface area contributed by atoms with Gasteiger partial charge in [-0.2, -0.15) is 0 Å². The Kier molecular flexibility index (Phi) is 8.08. The Balaban J connectivity index is 0.000000921. The van der Waals surface area contributed by atoms with Gasteiger partial charge in [0.25, 0.3) is 0 Å². The second-order valence-electron chi connectivity index (χ2n) is 3.90. The number of hydrogen-bond donors (Lipinski definition) is 0. The Morgan fingerprint density at radius 1 is 1.33 bits per heavy atom. The summed E-state index contributed by atoms with van der Waals surface area (Å²) >= 11 is 0. The molecule has 0 aromatic carbocycles. The van der Waals surface area contributed by atoms with E-state index < -0.39 is 0 Å². The van der Waals surface area contributed by atoms with Crippen molar-refractivity contribution in [2.24, 2.45) is 0 Å². The molecule has 0 aromatic heterocycles. The highest BCUT2D eigenvalue weighted by molar-refractivity contribution is 5.32. The van der Waals surface area contributed by atoms with E-state index in [9.17, 15) is 0 Å². The molecule has 0 N–H and O–H groups in total. The van der Waals surface area contributed by atoms with Crippen LogP contribution in [0, 0.1) is 0 Å². The van der Waals surface area contributed by atoms with E-state index in [1.807, 2.05) is 13.8 Å². The summed E-state index contributed by atoms with van der Waals surface area (Å²) in [5, 5.41) is 0. The van der Waals surface area contributed by atoms with Gasteiger partial charge in [0.1, 0.15) is 0 Å². The molecular weight excluding hydrogens is 180 g/mol. The van der Waals surface area contributed by atoms with Crippen molar-refractivity contribution in [3.8, 4) is 0 Å². The molecule has 0 fully saturated rings. The van der Waals surface area contributed by atoms with Gasteiger partial charge < -0.3 is 0 Å². The van der Waals surface area contributed by atoms with Crippen LogP contribution in [-0.4, -0.2) is 0 Å². The quantitative estimate of drug-likeness (QED) is 0.538. The van der Waals surface area contributed by atoms with Gasteiger partial charge in [-0.1, -0.05) is 57.1 Å². The molecule has 0 radical (unpaired) electrons. The second kappa shape index (κ2) is 8.52. The summed E-state index contributed by atoms with van der Waals surface area (Å²) in [7, 11) is 0. The van der Waals surface area contributed by atoms with E-state index in [4.69, 9.17) is 0 Å². The van der Waals surface area contributed by atoms with E-state index in [0.717, 1.165) is 6.42 Å². The highest BCUT2D eigenvalue weighted by atomic mass is 14.1. The van der Waals surface area contributed by atoms with Gasteiger partial charge in [-0.3, -0.25) is 0 Å². The minimum Gasteiger partial charge on any atom is -0.0958 e. The lowest BCUT2D eigenvalue weighted by atomic mass is 10.1. The molecule has 1 rings (SSSR count). The number of hydrogen-bond acceptors (Lipinski definition) is 0. The fourth-order valence-corrected chi connectivity index (χ4v) is 1.77. The van der Waals surface area contributed by atoms with Crippen molar-refractivity contribution >= 4 is 0 Å². The fraction of sp³-hybridized carbons (Fsp3) is 0.600. The molecule has 1 aliphatic carbocycles. The van der Waals surface area contributed by atoms with Crippen LogP contribution in [0.2, 0.25) is 0 Å². The van der Waals surface area contributed by atoms with Crippen molar-refractivity contribution in [3.63, 3.8) is 0 Å². The third-order valence-corrected chi connectivity index (χ3v) is 2.64. The highest BCUT2D eigenvalue weighted by Crippen LogP contribution is 2.26. The van der Waals surface area contributed by atoms with Crippen LogP contribution in [0.25, 0.3) is 0 Å². The Bertz CT molecular complexity index is 241. The van der Waals surface area contributed by atoms with E-state index in [2.05, 4.69) is 32.6 Å². The summed E-state index contributed by atoms with van der Waals surface area (Å²) in [4.78, 5) is 0. The predicted molar refractivity (Wildman–Crippen MR) is 71.1 cm³/mol. The number of allylic oxidation sites excluding steroid dienone is 5. The molecule has 1 aliphatic rings. The SMILES string of the molecule is C=C(/C=C\C1=C(C)CCC1)CCC.CC. The third-order valence-electron chi connectivity index (χ3n) is 2.64. The van der Waals surface area contributed by atoms with Crippen molar-refractivity contribution in [1.29, 1.82) is 0 Å². The zero-order valence-corrected chi connectivity index (χ0v) is 10.9. The smallest absolute Gasteiger partial charge is 0.0276 e. The van der Waals surface area contributed by atoms with Crippen LogP contribution >= 0.6 is 0 Å². The van der Waals surface area contributed by atoms with Crippen molar-refractivity contribution in [2.45, 2.75) is 59.8 Å². The number of rotatable bonds is 4. The first-order valence-corrected chi connectivity index (χ1v) is 6.28. The molecule has 0 atom stereocenters. The zero-order chi connectivity index (χ0) is 11.7. The Morgan fingerprint density at radius 3 is 2.47 bits per heavy atom. The van der Waals surface area contributed by atoms with E-state index >= 15 is 0 Å². The summed E-state index contributed by atoms with van der Waals surface area (Å²) in [6.45, 7) is 12.5. The first-order chi connectivity index (χ1) is 7.24. The third kappa shape index (κ3) is 5.61. The molecule has 0 heteroatoms. The minimum absolute atomic E-state index is 1.13. The summed E-state index contributed by atoms with van der Waals surface area (Å²) in [5.74, 6) is 0. The fourth-order valence-electron chi connectivity index (χ4n) is 1.77. The van der Waals surface area contributed by atoms with Crippen LogP contribution in [0.15, 0.2) is 35.5 Å². The van der Waals surface area contributed by atoms with Gasteiger partial charge in [0.05, 0.1) is 0 Å². The monoisotopic (exact) mass is 206 g/mol. The van der Waals surface area contributed by atoms with Gasteiger partial charge in [0, 0.05) is 0 Å². The molecule has 0 saturated carbocycles. The molecule has 86 valence electrons. The van der Waals surface area contributed by atoms with E-state index in [-0.39, 0.29) is 0 Å². The van der Waals surface area contributed by atoms with Crippen LogP contribution < -0.4 is 0 Å². The van der Waals surface area contributed by atoms with Gasteiger partial charge in [-0.05, 0) is 38.2 Å². The Hall–Kier alpha value is -0.780. The van der Waals surface area contributed by atoms with Crippen LogP contribution in [0.3, 0.4) is 0 Å². The van der Waals surface area contributed by atoms with Gasteiger partial charge in [-0.25, -0.2) is 0 Å². The van der Waals surface area contributed by atoms with E-state index in [1.165, 1.54) is 36.8 Å². The minimum atomic E-state index is 1.13. The zero-order valence-electron chi connectivity index (χ0n) is 10.9. The van der Waals surface area contributed by atoms with Crippen LogP contribution in [-0.2, 0) is 0 Å². The van der Waals surface area contributed by atoms with Gasteiger partial charge in [0.2, 0.25) is 0 Å². The normalized spacial score (nSPS) is 15.5. The summed E-state index contributed by atoms with van der Waals surface area (Å²) in [5.41, 5.74) is 4.37. The van der Waals surface area contributed by atoms with Crippen molar-refractivity contribution in [3.05, 3.63) is 35.5 Å². The molecule has 0 saturated heterocycles. The first kappa shape index (κ1) is 14.2. The first-order valence-electron chi connectivity index (χ1n) is 6.28. The van der Waals surface area contributed by atoms with Gasteiger partial charge in [-0.15, -0.1) is 0 Å². The molecule has 0 aliphatic heterocycles. The lowest BCUT2D eigenvalue weighted by Crippen LogP contribution is -1.77. The predicted octanol–water partition coefficient (Wildman–Crippen LogP) is 5.43. The lowest BCUT2D eigenvalue weighted by molar-refractivity contribution is 0.898. The van der Waals surface area contributed by atoms with Crippen molar-refractivity contribution < 1.29 is 0 Å². The molecule has 0 nitrogen and oxygen atoms in total. The molecular formula is C15H26. The van der Waals surface area contributed by atoms with Gasteiger partial charge in [0.15, 0.2) is 0 Å². The Labute approximate surface area is 95.8 Å². The standard InChI is InChI=1S/C13H20.C2H6/c1-4-6-11(2)9-10-13-8-5-7-12(13)3;1-2/h9-10H,2,4-8H2,1,3H3;1-2H3/b10-9-;. The maximum absolute atomic E-state index is 4.02. The second-order valence-corrected chi connectivity index (χ2v) is 3.90. The lowest BCUT2D eigenvalue weighted by Gasteiger charge is -1.97. The molecule has 0 bridgehead atoms. The largest absolute Gasteiger partial charge is 0.0958 e. The molecule has 0 aromatic rings. The van der Waals surface area contributed by atoms with Gasteiger partial charge >= 0.3 is 0 Å². The molecule has 15 heavy (non-hydrogen) atoms. The van der Waals surface area contributed by atoms with Crippen LogP contribution in [0.5, 0.6) is 0 Å². The van der Waals surface area contributed by atoms with E-state index in [1.54, 1.807) is 5.57 Å². The Morgan fingerprint density at radius 2 is 2.00 bits per heavy atom. The molecule has 0 amide bonds. The van der Waals surface area contributed by atoms with Crippen molar-refractivity contribution in [2.75, 3.05) is 0 Å². The maximum atomic E-state index is 4.02.